The number of nitrogens with zero attached hydrogens (tertiary/aromatic N) is 4. The van der Waals surface area contributed by atoms with Crippen molar-refractivity contribution in [3.8, 4) is 0 Å². The van der Waals surface area contributed by atoms with Crippen molar-refractivity contribution in [2.24, 2.45) is 0 Å². The predicted molar refractivity (Wildman–Crippen MR) is 71.6 cm³/mol. The molecule has 0 bridgehead atoms. The molecule has 0 amide bonds. The summed E-state index contributed by atoms with van der Waals surface area (Å²) >= 11 is 0. The fraction of sp³-hybridized carbons (Fsp3) is 0.167. The molecule has 0 fully saturated rings. The van der Waals surface area contributed by atoms with Gasteiger partial charge in [-0.3, -0.25) is 10.1 Å². The van der Waals surface area contributed by atoms with Crippen molar-refractivity contribution in [1.29, 1.82) is 0 Å². The molecule has 2 rings (SSSR count). The molecule has 1 aromatic heterocycles. The van der Waals surface area contributed by atoms with Gasteiger partial charge in [0.1, 0.15) is 6.20 Å². The van der Waals surface area contributed by atoms with E-state index in [1.165, 1.54) is 0 Å². The van der Waals surface area contributed by atoms with Crippen molar-refractivity contribution in [2.45, 2.75) is 6.54 Å². The lowest BCUT2D eigenvalue weighted by atomic mass is 10.2. The standard InChI is InChI=1S/C12H13N5O2/c1-16(8-9-5-3-2-4-6-9)12-14-7-10(17(18)19)11(13)15-12/h2-7H,8H2,1H3,(H2,13,14,15). The fourth-order valence-corrected chi connectivity index (χ4v) is 1.63. The van der Waals surface area contributed by atoms with E-state index in [0.717, 1.165) is 11.8 Å². The molecular formula is C12H13N5O2. The number of nitro groups is 1. The Kier molecular flexibility index (Phi) is 3.56. The van der Waals surface area contributed by atoms with E-state index in [2.05, 4.69) is 9.97 Å². The van der Waals surface area contributed by atoms with Crippen LogP contribution in [0.1, 0.15) is 5.56 Å². The number of nitrogens with two attached hydrogens (primary N) is 1. The number of hydrogen-bond donors (Lipinski definition) is 1. The molecule has 2 aromatic rings. The Morgan fingerprint density at radius 1 is 1.37 bits per heavy atom. The molecule has 7 nitrogen and oxygen atoms in total. The smallest absolute Gasteiger partial charge is 0.329 e. The molecule has 98 valence electrons. The van der Waals surface area contributed by atoms with Gasteiger partial charge in [-0.2, -0.15) is 4.98 Å². The van der Waals surface area contributed by atoms with E-state index in [-0.39, 0.29) is 11.5 Å². The van der Waals surface area contributed by atoms with Crippen LogP contribution in [0.15, 0.2) is 36.5 Å². The summed E-state index contributed by atoms with van der Waals surface area (Å²) in [7, 11) is 1.80. The maximum absolute atomic E-state index is 10.6. The molecule has 2 N–H and O–H groups in total. The Labute approximate surface area is 109 Å². The highest BCUT2D eigenvalue weighted by atomic mass is 16.6. The second-order valence-corrected chi connectivity index (χ2v) is 4.04. The monoisotopic (exact) mass is 259 g/mol. The highest BCUT2D eigenvalue weighted by Gasteiger charge is 2.15. The zero-order valence-electron chi connectivity index (χ0n) is 10.4. The molecular weight excluding hydrogens is 246 g/mol. The Hall–Kier alpha value is -2.70. The molecule has 1 aromatic carbocycles. The second-order valence-electron chi connectivity index (χ2n) is 4.04. The van der Waals surface area contributed by atoms with Gasteiger partial charge >= 0.3 is 5.69 Å². The van der Waals surface area contributed by atoms with E-state index in [1.54, 1.807) is 11.9 Å². The van der Waals surface area contributed by atoms with Gasteiger partial charge < -0.3 is 10.6 Å². The summed E-state index contributed by atoms with van der Waals surface area (Å²) in [5.74, 6) is 0.224. The predicted octanol–water partition coefficient (Wildman–Crippen LogP) is 1.60. The third-order valence-corrected chi connectivity index (χ3v) is 2.59. The Bertz CT molecular complexity index is 588. The van der Waals surface area contributed by atoms with Gasteiger partial charge in [0.05, 0.1) is 4.92 Å². The largest absolute Gasteiger partial charge is 0.378 e. The van der Waals surface area contributed by atoms with E-state index >= 15 is 0 Å². The third kappa shape index (κ3) is 2.95. The van der Waals surface area contributed by atoms with E-state index in [0.29, 0.717) is 12.5 Å². The summed E-state index contributed by atoms with van der Waals surface area (Å²) in [5.41, 5.74) is 6.34. The fourth-order valence-electron chi connectivity index (χ4n) is 1.63. The van der Waals surface area contributed by atoms with Crippen LogP contribution in [0.3, 0.4) is 0 Å². The van der Waals surface area contributed by atoms with Crippen LogP contribution in [-0.4, -0.2) is 21.9 Å². The summed E-state index contributed by atoms with van der Waals surface area (Å²) in [5, 5.41) is 10.6. The maximum Gasteiger partial charge on any atom is 0.329 e. The van der Waals surface area contributed by atoms with Crippen LogP contribution in [-0.2, 0) is 6.54 Å². The topological polar surface area (TPSA) is 98.2 Å². The molecule has 0 radical (unpaired) electrons. The van der Waals surface area contributed by atoms with Crippen LogP contribution in [0.2, 0.25) is 0 Å². The number of rotatable bonds is 4. The van der Waals surface area contributed by atoms with E-state index < -0.39 is 4.92 Å². The average molecular weight is 259 g/mol. The van der Waals surface area contributed by atoms with Crippen molar-refractivity contribution in [3.05, 3.63) is 52.2 Å². The summed E-state index contributed by atoms with van der Waals surface area (Å²) in [6, 6.07) is 9.77. The molecule has 19 heavy (non-hydrogen) atoms. The summed E-state index contributed by atoms with van der Waals surface area (Å²) in [6.45, 7) is 0.595. The molecule has 0 aliphatic rings. The summed E-state index contributed by atoms with van der Waals surface area (Å²) in [6.07, 6.45) is 1.12. The molecule has 1 heterocycles. The number of benzene rings is 1. The first-order valence-electron chi connectivity index (χ1n) is 5.60. The number of hydrogen-bond acceptors (Lipinski definition) is 6. The maximum atomic E-state index is 10.6. The minimum Gasteiger partial charge on any atom is -0.378 e. The lowest BCUT2D eigenvalue weighted by Crippen LogP contribution is -2.19. The van der Waals surface area contributed by atoms with Crippen LogP contribution in [0.5, 0.6) is 0 Å². The Balaban J connectivity index is 2.18. The Morgan fingerprint density at radius 3 is 2.63 bits per heavy atom. The molecule has 0 atom stereocenters. The van der Waals surface area contributed by atoms with Crippen molar-refractivity contribution in [2.75, 3.05) is 17.7 Å². The molecule has 0 saturated heterocycles. The highest BCUT2D eigenvalue weighted by Crippen LogP contribution is 2.20. The van der Waals surface area contributed by atoms with Crippen molar-refractivity contribution in [1.82, 2.24) is 9.97 Å². The first-order valence-corrected chi connectivity index (χ1v) is 5.60. The van der Waals surface area contributed by atoms with E-state index in [4.69, 9.17) is 5.73 Å². The van der Waals surface area contributed by atoms with Crippen LogP contribution in [0.25, 0.3) is 0 Å². The SMILES string of the molecule is CN(Cc1ccccc1)c1ncc([N+](=O)[O-])c(N)n1. The van der Waals surface area contributed by atoms with Crippen LogP contribution in [0.4, 0.5) is 17.5 Å². The van der Waals surface area contributed by atoms with Crippen molar-refractivity contribution < 1.29 is 4.92 Å². The molecule has 0 spiro atoms. The lowest BCUT2D eigenvalue weighted by Gasteiger charge is -2.16. The van der Waals surface area contributed by atoms with Gasteiger partial charge in [0.2, 0.25) is 11.8 Å². The molecule has 0 aliphatic heterocycles. The van der Waals surface area contributed by atoms with Crippen molar-refractivity contribution in [3.63, 3.8) is 0 Å². The lowest BCUT2D eigenvalue weighted by molar-refractivity contribution is -0.384. The zero-order chi connectivity index (χ0) is 13.8. The molecule has 0 saturated carbocycles. The van der Waals surface area contributed by atoms with Gasteiger partial charge in [0.15, 0.2) is 0 Å². The van der Waals surface area contributed by atoms with Crippen LogP contribution >= 0.6 is 0 Å². The van der Waals surface area contributed by atoms with Crippen LogP contribution in [0, 0.1) is 10.1 Å². The quantitative estimate of drug-likeness (QED) is 0.661. The molecule has 0 unspecified atom stereocenters. The zero-order valence-corrected chi connectivity index (χ0v) is 10.4. The van der Waals surface area contributed by atoms with Gasteiger partial charge in [-0.25, -0.2) is 4.98 Å². The van der Waals surface area contributed by atoms with Crippen LogP contribution < -0.4 is 10.6 Å². The van der Waals surface area contributed by atoms with Gasteiger partial charge in [-0.15, -0.1) is 0 Å². The average Bonchev–Trinajstić information content (AvgIpc) is 2.39. The van der Waals surface area contributed by atoms with Gasteiger partial charge in [0, 0.05) is 13.6 Å². The normalized spacial score (nSPS) is 10.2. The second kappa shape index (κ2) is 5.30. The van der Waals surface area contributed by atoms with E-state index in [9.17, 15) is 10.1 Å². The molecule has 0 aliphatic carbocycles. The summed E-state index contributed by atoms with van der Waals surface area (Å²) in [4.78, 5) is 19.7. The van der Waals surface area contributed by atoms with E-state index in [1.807, 2.05) is 30.3 Å². The minimum absolute atomic E-state index is 0.130. The first kappa shape index (κ1) is 12.7. The number of nitrogen functional groups attached to an aromatic ring is 1. The third-order valence-electron chi connectivity index (χ3n) is 2.59. The minimum atomic E-state index is -0.601. The highest BCUT2D eigenvalue weighted by molar-refractivity contribution is 5.53. The summed E-state index contributed by atoms with van der Waals surface area (Å²) < 4.78 is 0. The number of anilines is 2. The first-order chi connectivity index (χ1) is 9.08. The van der Waals surface area contributed by atoms with Gasteiger partial charge in [-0.1, -0.05) is 30.3 Å². The van der Waals surface area contributed by atoms with Gasteiger partial charge in [-0.05, 0) is 5.56 Å². The number of aromatic nitrogens is 2. The molecule has 7 heteroatoms. The van der Waals surface area contributed by atoms with Gasteiger partial charge in [0.25, 0.3) is 0 Å². The Morgan fingerprint density at radius 2 is 2.05 bits per heavy atom. The van der Waals surface area contributed by atoms with Crippen molar-refractivity contribution >= 4 is 17.5 Å².